The van der Waals surface area contributed by atoms with Crippen molar-refractivity contribution < 1.29 is 9.84 Å². The molecule has 1 aromatic heterocycles. The number of ether oxygens (including phenoxy) is 1. The van der Waals surface area contributed by atoms with Crippen molar-refractivity contribution in [3.05, 3.63) is 58.3 Å². The molecular weight excluding hydrogens is 375 g/mol. The highest BCUT2D eigenvalue weighted by Crippen LogP contribution is 2.23. The molecule has 0 amide bonds. The summed E-state index contributed by atoms with van der Waals surface area (Å²) >= 11 is 11.9. The number of hydrogen-bond donors (Lipinski definition) is 3. The lowest BCUT2D eigenvalue weighted by Gasteiger charge is -2.14. The van der Waals surface area contributed by atoms with Crippen LogP contribution in [0, 0.1) is 0 Å². The van der Waals surface area contributed by atoms with Crippen molar-refractivity contribution in [2.24, 2.45) is 4.99 Å². The van der Waals surface area contributed by atoms with Gasteiger partial charge in [-0.25, -0.2) is 0 Å². The van der Waals surface area contributed by atoms with Gasteiger partial charge in [0.1, 0.15) is 12.4 Å². The first kappa shape index (κ1) is 20.3. The first-order valence-corrected chi connectivity index (χ1v) is 9.03. The van der Waals surface area contributed by atoms with E-state index in [1.54, 1.807) is 30.6 Å². The number of nitrogens with zero attached hydrogens (tertiary/aromatic N) is 2. The van der Waals surface area contributed by atoms with Gasteiger partial charge in [-0.3, -0.25) is 9.98 Å². The van der Waals surface area contributed by atoms with Crippen molar-refractivity contribution in [3.63, 3.8) is 0 Å². The minimum atomic E-state index is -0.798. The van der Waals surface area contributed by atoms with E-state index in [9.17, 15) is 5.11 Å². The summed E-state index contributed by atoms with van der Waals surface area (Å²) in [6, 6.07) is 8.64. The van der Waals surface area contributed by atoms with E-state index in [-0.39, 0.29) is 6.54 Å². The van der Waals surface area contributed by atoms with Gasteiger partial charge in [0.15, 0.2) is 5.96 Å². The zero-order valence-corrected chi connectivity index (χ0v) is 16.0. The quantitative estimate of drug-likeness (QED) is 0.363. The van der Waals surface area contributed by atoms with E-state index in [1.165, 1.54) is 0 Å². The third-order valence-electron chi connectivity index (χ3n) is 3.33. The van der Waals surface area contributed by atoms with Crippen LogP contribution in [0.2, 0.25) is 10.0 Å². The molecule has 0 radical (unpaired) electrons. The summed E-state index contributed by atoms with van der Waals surface area (Å²) in [5.74, 6) is 1.30. The van der Waals surface area contributed by atoms with Gasteiger partial charge in [-0.2, -0.15) is 0 Å². The normalized spacial score (nSPS) is 12.5. The van der Waals surface area contributed by atoms with Gasteiger partial charge in [0, 0.05) is 22.8 Å². The van der Waals surface area contributed by atoms with Crippen LogP contribution in [0.5, 0.6) is 5.75 Å². The molecule has 6 nitrogen and oxygen atoms in total. The zero-order valence-electron chi connectivity index (χ0n) is 14.5. The summed E-state index contributed by atoms with van der Waals surface area (Å²) in [7, 11) is 0. The van der Waals surface area contributed by atoms with Gasteiger partial charge < -0.3 is 20.5 Å². The number of nitrogens with one attached hydrogen (secondary N) is 2. The number of rotatable bonds is 8. The number of aliphatic imine (C=N–C) groups is 1. The Morgan fingerprint density at radius 2 is 2.04 bits per heavy atom. The molecule has 0 aliphatic carbocycles. The molecule has 0 spiro atoms. The Hall–Kier alpha value is -2.02. The topological polar surface area (TPSA) is 78.8 Å². The summed E-state index contributed by atoms with van der Waals surface area (Å²) in [5.41, 5.74) is 0.627. The van der Waals surface area contributed by atoms with Gasteiger partial charge in [0.25, 0.3) is 0 Å². The number of guanidine groups is 1. The van der Waals surface area contributed by atoms with Crippen molar-refractivity contribution in [2.75, 3.05) is 26.2 Å². The molecule has 1 aromatic carbocycles. The van der Waals surface area contributed by atoms with Gasteiger partial charge in [-0.05, 0) is 42.8 Å². The van der Waals surface area contributed by atoms with Crippen LogP contribution in [0.25, 0.3) is 0 Å². The molecule has 0 saturated heterocycles. The van der Waals surface area contributed by atoms with Crippen LogP contribution < -0.4 is 15.4 Å². The minimum Gasteiger partial charge on any atom is -0.490 e. The van der Waals surface area contributed by atoms with Crippen LogP contribution >= 0.6 is 23.2 Å². The average Bonchev–Trinajstić information content (AvgIpc) is 2.63. The molecule has 8 heteroatoms. The summed E-state index contributed by atoms with van der Waals surface area (Å²) in [6.45, 7) is 3.86. The average molecular weight is 397 g/mol. The number of hydrogen-bond acceptors (Lipinski definition) is 4. The fourth-order valence-corrected chi connectivity index (χ4v) is 2.71. The predicted molar refractivity (Wildman–Crippen MR) is 105 cm³/mol. The lowest BCUT2D eigenvalue weighted by atomic mass is 10.1. The van der Waals surface area contributed by atoms with E-state index in [0.29, 0.717) is 47.0 Å². The Bertz CT molecular complexity index is 693. The molecule has 0 saturated carbocycles. The van der Waals surface area contributed by atoms with Gasteiger partial charge in [-0.15, -0.1) is 0 Å². The molecule has 1 atom stereocenters. The Morgan fingerprint density at radius 1 is 1.27 bits per heavy atom. The van der Waals surface area contributed by atoms with Gasteiger partial charge in [-0.1, -0.05) is 23.2 Å². The highest BCUT2D eigenvalue weighted by atomic mass is 35.5. The number of halogens is 2. The maximum atomic E-state index is 10.3. The Morgan fingerprint density at radius 3 is 2.69 bits per heavy atom. The van der Waals surface area contributed by atoms with Gasteiger partial charge in [0.05, 0.1) is 25.4 Å². The molecule has 140 valence electrons. The number of aliphatic hydroxyl groups excluding tert-OH is 1. The fraction of sp³-hybridized carbons (Fsp3) is 0.333. The number of aliphatic hydroxyl groups is 1. The maximum absolute atomic E-state index is 10.3. The Labute approximate surface area is 163 Å². The van der Waals surface area contributed by atoms with Crippen LogP contribution in [-0.2, 0) is 0 Å². The standard InChI is InChI=1S/C18H22Cl2N4O2/c1-2-22-18(23-6-7-26-16-4-3-5-21-11-16)24-12-17(25)13-8-14(19)10-15(20)9-13/h3-5,8-11,17,25H,2,6-7,12H2,1H3,(H2,22,23,24). The molecule has 2 rings (SSSR count). The summed E-state index contributed by atoms with van der Waals surface area (Å²) in [6.07, 6.45) is 2.55. The number of aromatic nitrogens is 1. The van der Waals surface area contributed by atoms with Crippen LogP contribution in [0.15, 0.2) is 47.7 Å². The zero-order chi connectivity index (χ0) is 18.8. The number of benzene rings is 1. The highest BCUT2D eigenvalue weighted by molar-refractivity contribution is 6.34. The van der Waals surface area contributed by atoms with Crippen molar-refractivity contribution in [1.82, 2.24) is 15.6 Å². The fourth-order valence-electron chi connectivity index (χ4n) is 2.16. The van der Waals surface area contributed by atoms with Crippen molar-refractivity contribution in [2.45, 2.75) is 13.0 Å². The Kier molecular flexibility index (Phi) is 8.47. The van der Waals surface area contributed by atoms with Gasteiger partial charge >= 0.3 is 0 Å². The predicted octanol–water partition coefficient (Wildman–Crippen LogP) is 3.06. The van der Waals surface area contributed by atoms with Crippen LogP contribution in [0.1, 0.15) is 18.6 Å². The second-order valence-corrected chi connectivity index (χ2v) is 6.28. The lowest BCUT2D eigenvalue weighted by molar-refractivity contribution is 0.187. The van der Waals surface area contributed by atoms with Crippen LogP contribution in [-0.4, -0.2) is 42.3 Å². The molecule has 1 heterocycles. The van der Waals surface area contributed by atoms with E-state index in [0.717, 1.165) is 0 Å². The molecule has 2 aromatic rings. The van der Waals surface area contributed by atoms with E-state index in [4.69, 9.17) is 27.9 Å². The van der Waals surface area contributed by atoms with E-state index in [1.807, 2.05) is 19.1 Å². The first-order valence-electron chi connectivity index (χ1n) is 8.27. The van der Waals surface area contributed by atoms with Crippen LogP contribution in [0.4, 0.5) is 0 Å². The third kappa shape index (κ3) is 7.07. The molecule has 0 bridgehead atoms. The number of pyridine rings is 1. The SMILES string of the molecule is CCNC(=NCC(O)c1cc(Cl)cc(Cl)c1)NCCOc1cccnc1. The summed E-state index contributed by atoms with van der Waals surface area (Å²) in [5, 5.41) is 17.5. The summed E-state index contributed by atoms with van der Waals surface area (Å²) in [4.78, 5) is 8.37. The monoisotopic (exact) mass is 396 g/mol. The molecule has 0 aliphatic heterocycles. The largest absolute Gasteiger partial charge is 0.490 e. The van der Waals surface area contributed by atoms with Gasteiger partial charge in [0.2, 0.25) is 0 Å². The van der Waals surface area contributed by atoms with Crippen molar-refractivity contribution >= 4 is 29.2 Å². The molecule has 26 heavy (non-hydrogen) atoms. The minimum absolute atomic E-state index is 0.176. The molecular formula is C18H22Cl2N4O2. The third-order valence-corrected chi connectivity index (χ3v) is 3.77. The second-order valence-electron chi connectivity index (χ2n) is 5.40. The maximum Gasteiger partial charge on any atom is 0.191 e. The van der Waals surface area contributed by atoms with E-state index in [2.05, 4.69) is 20.6 Å². The smallest absolute Gasteiger partial charge is 0.191 e. The first-order chi connectivity index (χ1) is 12.6. The molecule has 1 unspecified atom stereocenters. The molecule has 0 fully saturated rings. The lowest BCUT2D eigenvalue weighted by Crippen LogP contribution is -2.39. The van der Waals surface area contributed by atoms with Crippen LogP contribution in [0.3, 0.4) is 0 Å². The Balaban J connectivity index is 1.85. The highest BCUT2D eigenvalue weighted by Gasteiger charge is 2.09. The summed E-state index contributed by atoms with van der Waals surface area (Å²) < 4.78 is 5.57. The molecule has 0 aliphatic rings. The molecule has 3 N–H and O–H groups in total. The second kappa shape index (κ2) is 10.9. The van der Waals surface area contributed by atoms with Crippen molar-refractivity contribution in [1.29, 1.82) is 0 Å². The van der Waals surface area contributed by atoms with Crippen molar-refractivity contribution in [3.8, 4) is 5.75 Å². The van der Waals surface area contributed by atoms with E-state index >= 15 is 0 Å². The van der Waals surface area contributed by atoms with E-state index < -0.39 is 6.10 Å².